The highest BCUT2D eigenvalue weighted by atomic mass is 32.1. The molecule has 2 aliphatic carbocycles. The maximum Gasteiger partial charge on any atom is 0.186 e. The van der Waals surface area contributed by atoms with Crippen LogP contribution in [0.2, 0.25) is 0 Å². The Morgan fingerprint density at radius 2 is 2.00 bits per heavy atom. The lowest BCUT2D eigenvalue weighted by Gasteiger charge is -2.33. The minimum Gasteiger partial charge on any atom is -0.292 e. The van der Waals surface area contributed by atoms with Crippen molar-refractivity contribution in [3.63, 3.8) is 0 Å². The summed E-state index contributed by atoms with van der Waals surface area (Å²) in [5.74, 6) is 0.392. The Morgan fingerprint density at radius 3 is 2.72 bits per heavy atom. The largest absolute Gasteiger partial charge is 0.292 e. The van der Waals surface area contributed by atoms with E-state index < -0.39 is 0 Å². The molecule has 2 heterocycles. The fourth-order valence-electron chi connectivity index (χ4n) is 3.81. The second-order valence-electron chi connectivity index (χ2n) is 6.96. The van der Waals surface area contributed by atoms with Crippen molar-refractivity contribution in [3.05, 3.63) is 81.3 Å². The van der Waals surface area contributed by atoms with Crippen LogP contribution in [0.1, 0.15) is 45.7 Å². The number of nitrogens with one attached hydrogen (secondary N) is 1. The SMILES string of the molecule is O=C(c1n[nH]c2c1C=CC(c1ccccc1)(c1ccsc1)C2)C1CC1. The van der Waals surface area contributed by atoms with Gasteiger partial charge in [0.05, 0.1) is 0 Å². The van der Waals surface area contributed by atoms with Crippen molar-refractivity contribution in [3.8, 4) is 0 Å². The Bertz CT molecular complexity index is 951. The highest BCUT2D eigenvalue weighted by Crippen LogP contribution is 2.43. The lowest BCUT2D eigenvalue weighted by molar-refractivity contribution is 0.0962. The Hall–Kier alpha value is -2.46. The zero-order valence-corrected chi connectivity index (χ0v) is 14.6. The maximum absolute atomic E-state index is 12.5. The number of Topliss-reactive ketones (excluding diaryl/α,β-unsaturated/α-hetero) is 1. The molecule has 0 aliphatic heterocycles. The van der Waals surface area contributed by atoms with Gasteiger partial charge in [-0.05, 0) is 40.8 Å². The van der Waals surface area contributed by atoms with Gasteiger partial charge in [-0.1, -0.05) is 42.5 Å². The molecule has 1 fully saturated rings. The summed E-state index contributed by atoms with van der Waals surface area (Å²) in [6.07, 6.45) is 7.17. The summed E-state index contributed by atoms with van der Waals surface area (Å²) < 4.78 is 0. The van der Waals surface area contributed by atoms with E-state index in [4.69, 9.17) is 0 Å². The van der Waals surface area contributed by atoms with Crippen molar-refractivity contribution in [2.75, 3.05) is 0 Å². The average molecular weight is 346 g/mol. The van der Waals surface area contributed by atoms with Crippen LogP contribution in [-0.2, 0) is 11.8 Å². The minimum atomic E-state index is -0.208. The van der Waals surface area contributed by atoms with Crippen molar-refractivity contribution in [2.45, 2.75) is 24.7 Å². The number of ketones is 1. The van der Waals surface area contributed by atoms with E-state index >= 15 is 0 Å². The first kappa shape index (κ1) is 14.8. The summed E-state index contributed by atoms with van der Waals surface area (Å²) in [5.41, 5.74) is 5.01. The molecular weight excluding hydrogens is 328 g/mol. The molecule has 0 spiro atoms. The number of benzene rings is 1. The third-order valence-electron chi connectivity index (χ3n) is 5.38. The zero-order chi connectivity index (χ0) is 16.9. The topological polar surface area (TPSA) is 45.8 Å². The van der Waals surface area contributed by atoms with Gasteiger partial charge in [-0.2, -0.15) is 16.4 Å². The third-order valence-corrected chi connectivity index (χ3v) is 6.06. The van der Waals surface area contributed by atoms with E-state index in [1.807, 2.05) is 6.07 Å². The van der Waals surface area contributed by atoms with Crippen LogP contribution in [-0.4, -0.2) is 16.0 Å². The highest BCUT2D eigenvalue weighted by molar-refractivity contribution is 7.08. The molecule has 2 aromatic heterocycles. The van der Waals surface area contributed by atoms with Crippen LogP contribution in [0.25, 0.3) is 6.08 Å². The first-order valence-electron chi connectivity index (χ1n) is 8.67. The normalized spacial score (nSPS) is 21.9. The molecule has 0 amide bonds. The van der Waals surface area contributed by atoms with Gasteiger partial charge in [0.2, 0.25) is 0 Å². The van der Waals surface area contributed by atoms with Gasteiger partial charge < -0.3 is 0 Å². The van der Waals surface area contributed by atoms with E-state index in [1.165, 1.54) is 11.1 Å². The number of hydrogen-bond donors (Lipinski definition) is 1. The summed E-state index contributed by atoms with van der Waals surface area (Å²) in [6, 6.07) is 12.8. The number of hydrogen-bond acceptors (Lipinski definition) is 3. The summed E-state index contributed by atoms with van der Waals surface area (Å²) in [7, 11) is 0. The lowest BCUT2D eigenvalue weighted by Crippen LogP contribution is -2.30. The number of rotatable bonds is 4. The summed E-state index contributed by atoms with van der Waals surface area (Å²) >= 11 is 1.72. The Morgan fingerprint density at radius 1 is 1.16 bits per heavy atom. The van der Waals surface area contributed by atoms with Gasteiger partial charge in [0, 0.05) is 29.0 Å². The van der Waals surface area contributed by atoms with Crippen molar-refractivity contribution < 1.29 is 4.79 Å². The van der Waals surface area contributed by atoms with Gasteiger partial charge in [-0.15, -0.1) is 0 Å². The molecule has 2 aliphatic rings. The molecule has 1 aromatic carbocycles. The molecular formula is C21H18N2OS. The van der Waals surface area contributed by atoms with Gasteiger partial charge in [0.25, 0.3) is 0 Å². The number of nitrogens with zero attached hydrogens (tertiary/aromatic N) is 1. The standard InChI is InChI=1S/C21H18N2OS/c24-20(14-6-7-14)19-17-8-10-21(12-18(17)22-23-19,16-9-11-25-13-16)15-4-2-1-3-5-15/h1-5,8-11,13-14H,6-7,12H2,(H,22,23). The Kier molecular flexibility index (Phi) is 3.28. The smallest absolute Gasteiger partial charge is 0.186 e. The minimum absolute atomic E-state index is 0.193. The fourth-order valence-corrected chi connectivity index (χ4v) is 4.55. The van der Waals surface area contributed by atoms with E-state index in [0.717, 1.165) is 30.5 Å². The predicted molar refractivity (Wildman–Crippen MR) is 99.9 cm³/mol. The van der Waals surface area contributed by atoms with Crippen LogP contribution in [0.15, 0.2) is 53.2 Å². The molecule has 4 heteroatoms. The number of aromatic amines is 1. The summed E-state index contributed by atoms with van der Waals surface area (Å²) in [4.78, 5) is 12.5. The monoisotopic (exact) mass is 346 g/mol. The molecule has 1 unspecified atom stereocenters. The molecule has 1 atom stereocenters. The fraction of sp³-hybridized carbons (Fsp3) is 0.238. The molecule has 5 rings (SSSR count). The summed E-state index contributed by atoms with van der Waals surface area (Å²) in [5, 5.41) is 11.9. The second kappa shape index (κ2) is 5.53. The molecule has 25 heavy (non-hydrogen) atoms. The summed E-state index contributed by atoms with van der Waals surface area (Å²) in [6.45, 7) is 0. The first-order chi connectivity index (χ1) is 12.3. The van der Waals surface area contributed by atoms with Gasteiger partial charge >= 0.3 is 0 Å². The van der Waals surface area contributed by atoms with Crippen molar-refractivity contribution in [2.24, 2.45) is 5.92 Å². The van der Waals surface area contributed by atoms with Crippen LogP contribution in [0.3, 0.4) is 0 Å². The number of aromatic nitrogens is 2. The third kappa shape index (κ3) is 2.32. The molecule has 3 aromatic rings. The maximum atomic E-state index is 12.5. The van der Waals surface area contributed by atoms with Crippen molar-refractivity contribution in [1.29, 1.82) is 0 Å². The van der Waals surface area contributed by atoms with E-state index in [1.54, 1.807) is 11.3 Å². The van der Waals surface area contributed by atoms with E-state index in [9.17, 15) is 4.79 Å². The molecule has 0 bridgehead atoms. The van der Waals surface area contributed by atoms with Gasteiger partial charge in [0.1, 0.15) is 5.69 Å². The van der Waals surface area contributed by atoms with Gasteiger partial charge in [-0.3, -0.25) is 9.89 Å². The van der Waals surface area contributed by atoms with Crippen LogP contribution >= 0.6 is 11.3 Å². The van der Waals surface area contributed by atoms with Crippen LogP contribution in [0.4, 0.5) is 0 Å². The van der Waals surface area contributed by atoms with Crippen molar-refractivity contribution >= 4 is 23.2 Å². The van der Waals surface area contributed by atoms with Crippen molar-refractivity contribution in [1.82, 2.24) is 10.2 Å². The van der Waals surface area contributed by atoms with Crippen LogP contribution in [0.5, 0.6) is 0 Å². The molecule has 0 saturated heterocycles. The van der Waals surface area contributed by atoms with Crippen LogP contribution in [0, 0.1) is 5.92 Å². The number of thiophene rings is 1. The Labute approximate surface area is 150 Å². The zero-order valence-electron chi connectivity index (χ0n) is 13.7. The van der Waals surface area contributed by atoms with Crippen LogP contribution < -0.4 is 0 Å². The van der Waals surface area contributed by atoms with Gasteiger partial charge in [-0.25, -0.2) is 0 Å². The average Bonchev–Trinajstić information content (AvgIpc) is 3.19. The second-order valence-corrected chi connectivity index (χ2v) is 7.74. The lowest BCUT2D eigenvalue weighted by atomic mass is 9.69. The molecule has 124 valence electrons. The highest BCUT2D eigenvalue weighted by Gasteiger charge is 2.39. The molecule has 1 N–H and O–H groups in total. The predicted octanol–water partition coefficient (Wildman–Crippen LogP) is 4.62. The van der Waals surface area contributed by atoms with E-state index in [-0.39, 0.29) is 17.1 Å². The van der Waals surface area contributed by atoms with E-state index in [2.05, 4.69) is 63.4 Å². The number of allylic oxidation sites excluding steroid dienone is 1. The number of carbonyl (C=O) groups excluding carboxylic acids is 1. The molecule has 3 nitrogen and oxygen atoms in total. The molecule has 1 saturated carbocycles. The number of carbonyl (C=O) groups is 1. The number of fused-ring (bicyclic) bond motifs is 1. The number of H-pyrrole nitrogens is 1. The first-order valence-corrected chi connectivity index (χ1v) is 9.61. The van der Waals surface area contributed by atoms with E-state index in [0.29, 0.717) is 5.69 Å². The quantitative estimate of drug-likeness (QED) is 0.701. The molecule has 0 radical (unpaired) electrons. The Balaban J connectivity index is 1.62. The van der Waals surface area contributed by atoms with Gasteiger partial charge in [0.15, 0.2) is 5.78 Å².